The highest BCUT2D eigenvalue weighted by Gasteiger charge is 2.57. The summed E-state index contributed by atoms with van der Waals surface area (Å²) in [7, 11) is 2.00. The maximum absolute atomic E-state index is 10.8. The Bertz CT molecular complexity index is 558. The Labute approximate surface area is 128 Å². The van der Waals surface area contributed by atoms with Gasteiger partial charge in [0.15, 0.2) is 0 Å². The van der Waals surface area contributed by atoms with E-state index in [0.29, 0.717) is 11.8 Å². The van der Waals surface area contributed by atoms with Crippen molar-refractivity contribution in [2.75, 3.05) is 7.05 Å². The highest BCUT2D eigenvalue weighted by Crippen LogP contribution is 2.54. The molecule has 21 heavy (non-hydrogen) atoms. The Balaban J connectivity index is 1.75. The largest absolute Gasteiger partial charge is 0.490 e. The topological polar surface area (TPSA) is 64.4 Å². The molecule has 114 valence electrons. The van der Waals surface area contributed by atoms with Gasteiger partial charge in [-0.2, -0.15) is 0 Å². The van der Waals surface area contributed by atoms with Crippen LogP contribution in [0.3, 0.4) is 0 Å². The van der Waals surface area contributed by atoms with E-state index in [-0.39, 0.29) is 22.2 Å². The van der Waals surface area contributed by atoms with E-state index in [4.69, 9.17) is 16.3 Å². The number of nitro benzene ring substituents is 1. The lowest BCUT2D eigenvalue weighted by molar-refractivity contribution is -0.384. The maximum atomic E-state index is 10.8. The molecular weight excluding hydrogens is 292 g/mol. The van der Waals surface area contributed by atoms with Crippen molar-refractivity contribution in [3.63, 3.8) is 0 Å². The van der Waals surface area contributed by atoms with Crippen LogP contribution in [0.1, 0.15) is 32.1 Å². The predicted octanol–water partition coefficient (Wildman–Crippen LogP) is 3.55. The van der Waals surface area contributed by atoms with Crippen LogP contribution in [0.2, 0.25) is 5.02 Å². The molecule has 6 heteroatoms. The third-order valence-corrected chi connectivity index (χ3v) is 5.36. The third-order valence-electron chi connectivity index (χ3n) is 5.06. The number of benzene rings is 1. The van der Waals surface area contributed by atoms with E-state index in [1.165, 1.54) is 31.7 Å². The SMILES string of the molecule is CNC1CC(Oc2ccc([N+](=O)[O-])c(Cl)c2)C12CCCC2. The van der Waals surface area contributed by atoms with Gasteiger partial charge in [0.25, 0.3) is 5.69 Å². The van der Waals surface area contributed by atoms with Gasteiger partial charge in [-0.15, -0.1) is 0 Å². The summed E-state index contributed by atoms with van der Waals surface area (Å²) in [5, 5.41) is 14.3. The first-order valence-electron chi connectivity index (χ1n) is 7.35. The monoisotopic (exact) mass is 310 g/mol. The molecule has 1 aromatic carbocycles. The molecule has 1 spiro atoms. The van der Waals surface area contributed by atoms with Crippen molar-refractivity contribution in [3.8, 4) is 5.75 Å². The molecule has 5 nitrogen and oxygen atoms in total. The van der Waals surface area contributed by atoms with Crippen molar-refractivity contribution in [2.24, 2.45) is 5.41 Å². The molecule has 0 bridgehead atoms. The van der Waals surface area contributed by atoms with Gasteiger partial charge in [-0.25, -0.2) is 0 Å². The number of nitro groups is 1. The van der Waals surface area contributed by atoms with E-state index in [2.05, 4.69) is 5.32 Å². The number of ether oxygens (including phenoxy) is 1. The second-order valence-corrected chi connectivity index (χ2v) is 6.40. The normalized spacial score (nSPS) is 26.6. The number of hydrogen-bond acceptors (Lipinski definition) is 4. The van der Waals surface area contributed by atoms with Crippen LogP contribution in [-0.2, 0) is 0 Å². The number of halogens is 1. The second kappa shape index (κ2) is 5.46. The van der Waals surface area contributed by atoms with Crippen LogP contribution in [0.4, 0.5) is 5.69 Å². The van der Waals surface area contributed by atoms with Crippen LogP contribution >= 0.6 is 11.6 Å². The molecular formula is C15H19ClN2O3. The summed E-state index contributed by atoms with van der Waals surface area (Å²) in [6.07, 6.45) is 6.02. The first-order valence-corrected chi connectivity index (χ1v) is 7.72. The molecule has 1 aromatic rings. The van der Waals surface area contributed by atoms with Gasteiger partial charge in [0.05, 0.1) is 4.92 Å². The third kappa shape index (κ3) is 2.38. The lowest BCUT2D eigenvalue weighted by Crippen LogP contribution is -2.63. The van der Waals surface area contributed by atoms with Gasteiger partial charge in [0, 0.05) is 30.0 Å². The fraction of sp³-hybridized carbons (Fsp3) is 0.600. The van der Waals surface area contributed by atoms with E-state index in [1.807, 2.05) is 7.05 Å². The Morgan fingerprint density at radius 1 is 1.43 bits per heavy atom. The minimum Gasteiger partial charge on any atom is -0.490 e. The standard InChI is InChI=1S/C15H19ClN2O3/c1-17-13-9-14(15(13)6-2-3-7-15)21-10-4-5-12(18(19)20)11(16)8-10/h4-5,8,13-14,17H,2-3,6-7,9H2,1H3. The zero-order chi connectivity index (χ0) is 15.0. The van der Waals surface area contributed by atoms with E-state index in [9.17, 15) is 10.1 Å². The first-order chi connectivity index (χ1) is 10.1. The van der Waals surface area contributed by atoms with Crippen molar-refractivity contribution in [1.29, 1.82) is 0 Å². The summed E-state index contributed by atoms with van der Waals surface area (Å²) in [5.74, 6) is 0.622. The molecule has 2 fully saturated rings. The average Bonchev–Trinajstić information content (AvgIpc) is 2.95. The van der Waals surface area contributed by atoms with E-state index >= 15 is 0 Å². The predicted molar refractivity (Wildman–Crippen MR) is 80.9 cm³/mol. The average molecular weight is 311 g/mol. The first kappa shape index (κ1) is 14.6. The summed E-state index contributed by atoms with van der Waals surface area (Å²) in [4.78, 5) is 10.3. The number of hydrogen-bond donors (Lipinski definition) is 1. The maximum Gasteiger partial charge on any atom is 0.288 e. The summed E-state index contributed by atoms with van der Waals surface area (Å²) < 4.78 is 6.09. The fourth-order valence-electron chi connectivity index (χ4n) is 3.90. The summed E-state index contributed by atoms with van der Waals surface area (Å²) in [6, 6.07) is 5.11. The Hall–Kier alpha value is -1.33. The number of nitrogens with one attached hydrogen (secondary N) is 1. The molecule has 0 radical (unpaired) electrons. The van der Waals surface area contributed by atoms with E-state index < -0.39 is 4.92 Å². The van der Waals surface area contributed by atoms with E-state index in [1.54, 1.807) is 12.1 Å². The van der Waals surface area contributed by atoms with Gasteiger partial charge >= 0.3 is 0 Å². The molecule has 0 heterocycles. The molecule has 3 rings (SSSR count). The van der Waals surface area contributed by atoms with Crippen LogP contribution in [0.25, 0.3) is 0 Å². The quantitative estimate of drug-likeness (QED) is 0.682. The summed E-state index contributed by atoms with van der Waals surface area (Å²) >= 11 is 5.94. The van der Waals surface area contributed by atoms with Gasteiger partial charge < -0.3 is 10.1 Å². The molecule has 2 unspecified atom stereocenters. The summed E-state index contributed by atoms with van der Waals surface area (Å²) in [6.45, 7) is 0. The van der Waals surface area contributed by atoms with Gasteiger partial charge in [0.2, 0.25) is 0 Å². The Morgan fingerprint density at radius 3 is 2.71 bits per heavy atom. The molecule has 0 aliphatic heterocycles. The second-order valence-electron chi connectivity index (χ2n) is 5.99. The Kier molecular flexibility index (Phi) is 3.80. The van der Waals surface area contributed by atoms with Crippen molar-refractivity contribution in [3.05, 3.63) is 33.3 Å². The van der Waals surface area contributed by atoms with Crippen LogP contribution in [0.15, 0.2) is 18.2 Å². The number of nitrogens with zero attached hydrogens (tertiary/aromatic N) is 1. The summed E-state index contributed by atoms with van der Waals surface area (Å²) in [5.41, 5.74) is 0.143. The highest BCUT2D eigenvalue weighted by atomic mass is 35.5. The zero-order valence-electron chi connectivity index (χ0n) is 12.0. The minimum absolute atomic E-state index is 0.0821. The van der Waals surface area contributed by atoms with Crippen molar-refractivity contribution < 1.29 is 9.66 Å². The van der Waals surface area contributed by atoms with Crippen LogP contribution in [0, 0.1) is 15.5 Å². The molecule has 2 saturated carbocycles. The molecule has 2 atom stereocenters. The molecule has 2 aliphatic carbocycles. The van der Waals surface area contributed by atoms with Gasteiger partial charge in [0.1, 0.15) is 16.9 Å². The molecule has 0 saturated heterocycles. The van der Waals surface area contributed by atoms with Crippen molar-refractivity contribution >= 4 is 17.3 Å². The highest BCUT2D eigenvalue weighted by molar-refractivity contribution is 6.32. The van der Waals surface area contributed by atoms with Gasteiger partial charge in [-0.05, 0) is 26.0 Å². The molecule has 2 aliphatic rings. The molecule has 0 aromatic heterocycles. The molecule has 0 amide bonds. The van der Waals surface area contributed by atoms with Crippen molar-refractivity contribution in [2.45, 2.75) is 44.2 Å². The zero-order valence-corrected chi connectivity index (χ0v) is 12.7. The molecule has 1 N–H and O–H groups in total. The Morgan fingerprint density at radius 2 is 2.14 bits per heavy atom. The van der Waals surface area contributed by atoms with Crippen molar-refractivity contribution in [1.82, 2.24) is 5.32 Å². The van der Waals surface area contributed by atoms with Gasteiger partial charge in [-0.3, -0.25) is 10.1 Å². The fourth-order valence-corrected chi connectivity index (χ4v) is 4.13. The smallest absolute Gasteiger partial charge is 0.288 e. The van der Waals surface area contributed by atoms with E-state index in [0.717, 1.165) is 6.42 Å². The minimum atomic E-state index is -0.481. The number of rotatable bonds is 4. The van der Waals surface area contributed by atoms with Gasteiger partial charge in [-0.1, -0.05) is 24.4 Å². The lowest BCUT2D eigenvalue weighted by atomic mass is 9.60. The van der Waals surface area contributed by atoms with Crippen LogP contribution in [-0.4, -0.2) is 24.1 Å². The lowest BCUT2D eigenvalue weighted by Gasteiger charge is -2.53. The van der Waals surface area contributed by atoms with Crippen LogP contribution in [0.5, 0.6) is 5.75 Å². The van der Waals surface area contributed by atoms with Crippen LogP contribution < -0.4 is 10.1 Å².